The summed E-state index contributed by atoms with van der Waals surface area (Å²) < 4.78 is 5.70. The first-order valence-corrected chi connectivity index (χ1v) is 23.5. The maximum Gasteiger partial charge on any atom is 0.305 e. The van der Waals surface area contributed by atoms with Gasteiger partial charge in [-0.25, -0.2) is 0 Å². The number of hydrogen-bond acceptors (Lipinski definition) is 4. The van der Waals surface area contributed by atoms with E-state index < -0.39 is 0 Å². The first-order valence-electron chi connectivity index (χ1n) is 23.5. The summed E-state index contributed by atoms with van der Waals surface area (Å²) in [7, 11) is 4.25. The molecule has 0 aromatic heterocycles. The monoisotopic (exact) mass is 735 g/mol. The minimum Gasteiger partial charge on any atom is -0.466 e. The lowest BCUT2D eigenvalue weighted by Gasteiger charge is -2.33. The van der Waals surface area contributed by atoms with Gasteiger partial charge >= 0.3 is 5.97 Å². The van der Waals surface area contributed by atoms with E-state index in [-0.39, 0.29) is 5.97 Å². The third-order valence-electron chi connectivity index (χ3n) is 11.3. The summed E-state index contributed by atoms with van der Waals surface area (Å²) in [6.45, 7) is 11.7. The smallest absolute Gasteiger partial charge is 0.305 e. The molecule has 0 aromatic carbocycles. The largest absolute Gasteiger partial charge is 0.466 e. The van der Waals surface area contributed by atoms with Gasteiger partial charge in [0.25, 0.3) is 0 Å². The van der Waals surface area contributed by atoms with E-state index in [1.54, 1.807) is 0 Å². The summed E-state index contributed by atoms with van der Waals surface area (Å²) in [6, 6.07) is 0.389. The van der Waals surface area contributed by atoms with Crippen molar-refractivity contribution in [2.75, 3.05) is 33.8 Å². The van der Waals surface area contributed by atoms with E-state index in [0.717, 1.165) is 64.5 Å². The van der Waals surface area contributed by atoms with Crippen LogP contribution in [0.4, 0.5) is 0 Å². The molecule has 0 aliphatic rings. The fraction of sp³-hybridized carbons (Fsp3) is 0.957. The Kier molecular flexibility index (Phi) is 38.8. The van der Waals surface area contributed by atoms with Crippen molar-refractivity contribution in [3.63, 3.8) is 0 Å². The van der Waals surface area contributed by atoms with E-state index in [1.807, 2.05) is 0 Å². The molecule has 0 aromatic rings. The second kappa shape index (κ2) is 39.6. The molecule has 0 heterocycles. The van der Waals surface area contributed by atoms with E-state index in [1.165, 1.54) is 154 Å². The number of ether oxygens (including phenoxy) is 1. The van der Waals surface area contributed by atoms with Crippen LogP contribution in [-0.2, 0) is 14.3 Å². The van der Waals surface area contributed by atoms with Gasteiger partial charge < -0.3 is 14.5 Å². The SMILES string of the molecule is CCCCCCCCCCC(CCCCCCCC(=O)OCCC(CCCCC)CCCCC)N(CCCCCCCC)C(=O)CCCCN(C)C. The third-order valence-corrected chi connectivity index (χ3v) is 11.3. The molecular weight excluding hydrogens is 641 g/mol. The normalized spacial score (nSPS) is 12.2. The van der Waals surface area contributed by atoms with Crippen LogP contribution in [-0.4, -0.2) is 61.5 Å². The lowest BCUT2D eigenvalue weighted by atomic mass is 9.92. The van der Waals surface area contributed by atoms with Crippen LogP contribution in [0.15, 0.2) is 0 Å². The summed E-state index contributed by atoms with van der Waals surface area (Å²) in [4.78, 5) is 30.8. The molecule has 1 unspecified atom stereocenters. The standard InChI is InChI=1S/C47H94N2O3/c1-7-11-15-17-19-20-22-28-36-45(49(42-32-25-18-16-12-8-2)46(50)38-31-33-41-48(5)6)37-29-23-21-24-30-39-47(51)52-43-40-44(34-26-13-9-3)35-27-14-10-4/h44-45H,7-43H2,1-6H3. The maximum atomic E-state index is 13.8. The molecule has 0 saturated carbocycles. The summed E-state index contributed by atoms with van der Waals surface area (Å²) in [6.07, 6.45) is 41.0. The van der Waals surface area contributed by atoms with Crippen molar-refractivity contribution in [3.8, 4) is 0 Å². The zero-order chi connectivity index (χ0) is 38.3. The lowest BCUT2D eigenvalue weighted by Crippen LogP contribution is -2.41. The zero-order valence-corrected chi connectivity index (χ0v) is 36.4. The van der Waals surface area contributed by atoms with Gasteiger partial charge in [0.05, 0.1) is 6.61 Å². The van der Waals surface area contributed by atoms with Crippen LogP contribution >= 0.6 is 0 Å². The van der Waals surface area contributed by atoms with Crippen molar-refractivity contribution in [3.05, 3.63) is 0 Å². The van der Waals surface area contributed by atoms with Crippen LogP contribution < -0.4 is 0 Å². The molecule has 52 heavy (non-hydrogen) atoms. The Labute approximate surface area is 326 Å². The Hall–Kier alpha value is -1.10. The number of amides is 1. The second-order valence-electron chi connectivity index (χ2n) is 16.7. The highest BCUT2D eigenvalue weighted by Gasteiger charge is 2.23. The van der Waals surface area contributed by atoms with Crippen molar-refractivity contribution >= 4 is 11.9 Å². The topological polar surface area (TPSA) is 49.9 Å². The summed E-state index contributed by atoms with van der Waals surface area (Å²) >= 11 is 0. The molecule has 0 spiro atoms. The molecule has 1 amide bonds. The van der Waals surface area contributed by atoms with Crippen molar-refractivity contribution in [2.45, 2.75) is 252 Å². The fourth-order valence-corrected chi connectivity index (χ4v) is 7.78. The van der Waals surface area contributed by atoms with Crippen LogP contribution in [0.3, 0.4) is 0 Å². The molecule has 0 fully saturated rings. The molecule has 0 N–H and O–H groups in total. The highest BCUT2D eigenvalue weighted by atomic mass is 16.5. The highest BCUT2D eigenvalue weighted by molar-refractivity contribution is 5.76. The van der Waals surface area contributed by atoms with E-state index >= 15 is 0 Å². The minimum atomic E-state index is 0.000670. The number of esters is 1. The highest BCUT2D eigenvalue weighted by Crippen LogP contribution is 2.23. The van der Waals surface area contributed by atoms with Gasteiger partial charge in [0.15, 0.2) is 0 Å². The summed E-state index contributed by atoms with van der Waals surface area (Å²) in [5, 5.41) is 0. The number of carbonyl (C=O) groups is 2. The number of nitrogens with zero attached hydrogens (tertiary/aromatic N) is 2. The van der Waals surface area contributed by atoms with Crippen LogP contribution in [0, 0.1) is 5.92 Å². The number of hydrogen-bond donors (Lipinski definition) is 0. The zero-order valence-electron chi connectivity index (χ0n) is 36.4. The van der Waals surface area contributed by atoms with Crippen LogP contribution in [0.5, 0.6) is 0 Å². The van der Waals surface area contributed by atoms with Gasteiger partial charge in [0.2, 0.25) is 5.91 Å². The van der Waals surface area contributed by atoms with E-state index in [9.17, 15) is 9.59 Å². The predicted molar refractivity (Wildman–Crippen MR) is 228 cm³/mol. The van der Waals surface area contributed by atoms with Crippen molar-refractivity contribution in [1.29, 1.82) is 0 Å². The first kappa shape index (κ1) is 50.9. The van der Waals surface area contributed by atoms with Gasteiger partial charge in [0, 0.05) is 25.4 Å². The molecule has 0 bridgehead atoms. The molecule has 1 atom stereocenters. The Morgan fingerprint density at radius 3 is 1.37 bits per heavy atom. The molecule has 5 heteroatoms. The second-order valence-corrected chi connectivity index (χ2v) is 16.7. The minimum absolute atomic E-state index is 0.000670. The van der Waals surface area contributed by atoms with Gasteiger partial charge in [0.1, 0.15) is 0 Å². The molecule has 310 valence electrons. The van der Waals surface area contributed by atoms with Gasteiger partial charge in [-0.05, 0) is 71.5 Å². The van der Waals surface area contributed by atoms with Crippen LogP contribution in [0.1, 0.15) is 246 Å². The van der Waals surface area contributed by atoms with Gasteiger partial charge in [-0.1, -0.05) is 188 Å². The van der Waals surface area contributed by atoms with Crippen molar-refractivity contribution in [2.24, 2.45) is 5.92 Å². The first-order chi connectivity index (χ1) is 25.4. The fourth-order valence-electron chi connectivity index (χ4n) is 7.78. The Morgan fingerprint density at radius 1 is 0.442 bits per heavy atom. The molecule has 0 radical (unpaired) electrons. The van der Waals surface area contributed by atoms with Crippen molar-refractivity contribution in [1.82, 2.24) is 9.80 Å². The molecule has 0 saturated heterocycles. The van der Waals surface area contributed by atoms with Gasteiger partial charge in [-0.2, -0.15) is 0 Å². The lowest BCUT2D eigenvalue weighted by molar-refractivity contribution is -0.144. The van der Waals surface area contributed by atoms with Crippen LogP contribution in [0.25, 0.3) is 0 Å². The third kappa shape index (κ3) is 33.5. The predicted octanol–water partition coefficient (Wildman–Crippen LogP) is 14.2. The molecule has 0 aliphatic heterocycles. The van der Waals surface area contributed by atoms with Crippen LogP contribution in [0.2, 0.25) is 0 Å². The average Bonchev–Trinajstić information content (AvgIpc) is 3.13. The van der Waals surface area contributed by atoms with Crippen molar-refractivity contribution < 1.29 is 14.3 Å². The quantitative estimate of drug-likeness (QED) is 0.0463. The molecule has 0 rings (SSSR count). The molecular formula is C47H94N2O3. The van der Waals surface area contributed by atoms with Gasteiger partial charge in [-0.15, -0.1) is 0 Å². The summed E-state index contributed by atoms with van der Waals surface area (Å²) in [5.41, 5.74) is 0. The Balaban J connectivity index is 4.88. The van der Waals surface area contributed by atoms with Gasteiger partial charge in [-0.3, -0.25) is 9.59 Å². The number of rotatable bonds is 41. The van der Waals surface area contributed by atoms with E-state index in [2.05, 4.69) is 51.6 Å². The summed E-state index contributed by atoms with van der Waals surface area (Å²) in [5.74, 6) is 1.12. The Morgan fingerprint density at radius 2 is 0.846 bits per heavy atom. The Bertz CT molecular complexity index is 747. The number of carbonyl (C=O) groups excluding carboxylic acids is 2. The molecule has 0 aliphatic carbocycles. The van der Waals surface area contributed by atoms with E-state index in [0.29, 0.717) is 37.3 Å². The van der Waals surface area contributed by atoms with E-state index in [4.69, 9.17) is 4.74 Å². The average molecular weight is 735 g/mol. The number of unbranched alkanes of at least 4 members (excludes halogenated alkanes) is 21. The maximum absolute atomic E-state index is 13.8. The molecule has 5 nitrogen and oxygen atoms in total.